The van der Waals surface area contributed by atoms with Crippen LogP contribution in [0, 0.1) is 13.8 Å². The van der Waals surface area contributed by atoms with Gasteiger partial charge >= 0.3 is 6.18 Å². The molecule has 0 fully saturated rings. The number of aromatic nitrogens is 1. The van der Waals surface area contributed by atoms with Crippen LogP contribution < -0.4 is 0 Å². The van der Waals surface area contributed by atoms with Gasteiger partial charge in [0.1, 0.15) is 10.8 Å². The van der Waals surface area contributed by atoms with Crippen molar-refractivity contribution in [2.45, 2.75) is 36.6 Å². The van der Waals surface area contributed by atoms with Crippen molar-refractivity contribution in [2.75, 3.05) is 0 Å². The minimum Gasteiger partial charge on any atom is -0.508 e. The number of phenolic OH excluding ortho intramolecular Hbond substituents is 1. The highest BCUT2D eigenvalue weighted by molar-refractivity contribution is 7.99. The van der Waals surface area contributed by atoms with Crippen molar-refractivity contribution in [1.82, 2.24) is 4.98 Å². The van der Waals surface area contributed by atoms with Crippen LogP contribution >= 0.6 is 23.1 Å². The van der Waals surface area contributed by atoms with Gasteiger partial charge in [-0.2, -0.15) is 13.2 Å². The minimum atomic E-state index is -4.37. The molecule has 7 heteroatoms. The fourth-order valence-electron chi connectivity index (χ4n) is 4.36. The summed E-state index contributed by atoms with van der Waals surface area (Å²) >= 11 is 3.22. The molecule has 0 aliphatic carbocycles. The van der Waals surface area contributed by atoms with Gasteiger partial charge in [0.25, 0.3) is 0 Å². The maximum absolute atomic E-state index is 13.1. The van der Waals surface area contributed by atoms with Crippen molar-refractivity contribution in [3.63, 3.8) is 0 Å². The van der Waals surface area contributed by atoms with Gasteiger partial charge in [-0.05, 0) is 72.9 Å². The van der Waals surface area contributed by atoms with Gasteiger partial charge < -0.3 is 5.11 Å². The van der Waals surface area contributed by atoms with Crippen molar-refractivity contribution in [3.05, 3.63) is 124 Å². The molecule has 2 nitrogen and oxygen atoms in total. The smallest absolute Gasteiger partial charge is 0.416 e. The van der Waals surface area contributed by atoms with Gasteiger partial charge in [-0.1, -0.05) is 66.7 Å². The molecular weight excluding hydrogens is 535 g/mol. The fourth-order valence-corrected chi connectivity index (χ4v) is 6.98. The molecule has 0 aliphatic rings. The summed E-state index contributed by atoms with van der Waals surface area (Å²) in [5.41, 5.74) is 5.15. The van der Waals surface area contributed by atoms with E-state index in [0.29, 0.717) is 10.6 Å². The number of thioether (sulfide) groups is 1. The quantitative estimate of drug-likeness (QED) is 0.201. The Kier molecular flexibility index (Phi) is 7.82. The third-order valence-electron chi connectivity index (χ3n) is 6.51. The summed E-state index contributed by atoms with van der Waals surface area (Å²) in [6.45, 7) is 3.82. The summed E-state index contributed by atoms with van der Waals surface area (Å²) in [6, 6.07) is 29.5. The minimum absolute atomic E-state index is 0.0252. The standard InChI is InChI=1S/C32H26F3NOS2/c1-20-18-27(16-17-28(20)37)38-29(19-22-8-10-24(11-9-22)23-6-4-3-5-7-23)30-21(2)36-31(39-30)25-12-14-26(15-13-25)32(33,34)35/h3-18,29,37H,19H2,1-2H3. The molecule has 4 aromatic carbocycles. The molecule has 5 aromatic rings. The molecule has 1 heterocycles. The summed E-state index contributed by atoms with van der Waals surface area (Å²) in [4.78, 5) is 6.85. The van der Waals surface area contributed by atoms with E-state index in [1.807, 2.05) is 44.2 Å². The second-order valence-electron chi connectivity index (χ2n) is 9.37. The van der Waals surface area contributed by atoms with E-state index >= 15 is 0 Å². The lowest BCUT2D eigenvalue weighted by atomic mass is 10.0. The zero-order chi connectivity index (χ0) is 27.6. The van der Waals surface area contributed by atoms with E-state index in [1.54, 1.807) is 17.8 Å². The van der Waals surface area contributed by atoms with E-state index in [1.165, 1.54) is 29.0 Å². The van der Waals surface area contributed by atoms with Crippen LogP contribution in [0.1, 0.15) is 32.5 Å². The number of halogens is 3. The molecule has 1 unspecified atom stereocenters. The number of thiazole rings is 1. The highest BCUT2D eigenvalue weighted by Gasteiger charge is 2.30. The van der Waals surface area contributed by atoms with Gasteiger partial charge in [-0.3, -0.25) is 0 Å². The Morgan fingerprint density at radius 1 is 0.821 bits per heavy atom. The molecule has 1 atom stereocenters. The van der Waals surface area contributed by atoms with Gasteiger partial charge in [-0.15, -0.1) is 23.1 Å². The van der Waals surface area contributed by atoms with Crippen LogP contribution in [0.25, 0.3) is 21.7 Å². The second-order valence-corrected chi connectivity index (χ2v) is 11.7. The van der Waals surface area contributed by atoms with Crippen LogP contribution in [0.3, 0.4) is 0 Å². The molecule has 0 radical (unpaired) electrons. The summed E-state index contributed by atoms with van der Waals surface area (Å²) in [5.74, 6) is 0.256. The van der Waals surface area contributed by atoms with Gasteiger partial charge in [-0.25, -0.2) is 4.98 Å². The number of aryl methyl sites for hydroxylation is 2. The number of hydrogen-bond donors (Lipinski definition) is 1. The fraction of sp³-hybridized carbons (Fsp3) is 0.156. The van der Waals surface area contributed by atoms with Crippen LogP contribution in [0.2, 0.25) is 0 Å². The summed E-state index contributed by atoms with van der Waals surface area (Å²) in [6.07, 6.45) is -3.63. The Morgan fingerprint density at radius 3 is 2.10 bits per heavy atom. The van der Waals surface area contributed by atoms with Gasteiger partial charge in [0.2, 0.25) is 0 Å². The topological polar surface area (TPSA) is 33.1 Å². The van der Waals surface area contributed by atoms with Gasteiger partial charge in [0.15, 0.2) is 0 Å². The SMILES string of the molecule is Cc1cc(SC(Cc2ccc(-c3ccccc3)cc2)c2sc(-c3ccc(C(F)(F)F)cc3)nc2C)ccc1O. The Balaban J connectivity index is 1.46. The molecule has 0 amide bonds. The Hall–Kier alpha value is -3.55. The monoisotopic (exact) mass is 561 g/mol. The van der Waals surface area contributed by atoms with Gasteiger partial charge in [0.05, 0.1) is 11.3 Å². The molecule has 39 heavy (non-hydrogen) atoms. The predicted molar refractivity (Wildman–Crippen MR) is 154 cm³/mol. The molecule has 0 saturated carbocycles. The second kappa shape index (κ2) is 11.3. The molecule has 5 rings (SSSR count). The lowest BCUT2D eigenvalue weighted by molar-refractivity contribution is -0.137. The van der Waals surface area contributed by atoms with E-state index in [9.17, 15) is 18.3 Å². The zero-order valence-corrected chi connectivity index (χ0v) is 23.0. The first-order valence-electron chi connectivity index (χ1n) is 12.4. The van der Waals surface area contributed by atoms with Crippen LogP contribution in [0.15, 0.2) is 102 Å². The largest absolute Gasteiger partial charge is 0.508 e. The number of phenols is 1. The highest BCUT2D eigenvalue weighted by atomic mass is 32.2. The van der Waals surface area contributed by atoms with E-state index in [4.69, 9.17) is 4.98 Å². The Labute approximate surface area is 234 Å². The molecular formula is C32H26F3NOS2. The average molecular weight is 562 g/mol. The lowest BCUT2D eigenvalue weighted by Crippen LogP contribution is -2.03. The van der Waals surface area contributed by atoms with Crippen molar-refractivity contribution >= 4 is 23.1 Å². The Bertz CT molecular complexity index is 1560. The molecule has 198 valence electrons. The van der Waals surface area contributed by atoms with Gasteiger partial charge in [0, 0.05) is 20.6 Å². The van der Waals surface area contributed by atoms with E-state index < -0.39 is 11.7 Å². The van der Waals surface area contributed by atoms with Crippen molar-refractivity contribution in [1.29, 1.82) is 0 Å². The first-order valence-corrected chi connectivity index (χ1v) is 14.1. The third kappa shape index (κ3) is 6.37. The number of rotatable bonds is 7. The first kappa shape index (κ1) is 27.0. The van der Waals surface area contributed by atoms with E-state index in [0.717, 1.165) is 50.7 Å². The summed E-state index contributed by atoms with van der Waals surface area (Å²) in [7, 11) is 0. The van der Waals surface area contributed by atoms with Crippen molar-refractivity contribution in [3.8, 4) is 27.4 Å². The van der Waals surface area contributed by atoms with Crippen LogP contribution in [-0.4, -0.2) is 10.1 Å². The maximum atomic E-state index is 13.1. The molecule has 1 N–H and O–H groups in total. The molecule has 0 aliphatic heterocycles. The molecule has 0 saturated heterocycles. The Morgan fingerprint density at radius 2 is 1.46 bits per heavy atom. The van der Waals surface area contributed by atoms with Crippen LogP contribution in [0.5, 0.6) is 5.75 Å². The third-order valence-corrected chi connectivity index (χ3v) is 9.20. The maximum Gasteiger partial charge on any atom is 0.416 e. The first-order chi connectivity index (χ1) is 18.7. The lowest BCUT2D eigenvalue weighted by Gasteiger charge is -2.17. The molecule has 1 aromatic heterocycles. The number of alkyl halides is 3. The van der Waals surface area contributed by atoms with Crippen LogP contribution in [0.4, 0.5) is 13.2 Å². The normalized spacial score (nSPS) is 12.4. The predicted octanol–water partition coefficient (Wildman–Crippen LogP) is 9.89. The number of nitrogens with zero attached hydrogens (tertiary/aromatic N) is 1. The van der Waals surface area contributed by atoms with Crippen molar-refractivity contribution < 1.29 is 18.3 Å². The summed E-state index contributed by atoms with van der Waals surface area (Å²) in [5, 5.41) is 10.7. The number of aromatic hydroxyl groups is 1. The summed E-state index contributed by atoms with van der Waals surface area (Å²) < 4.78 is 39.2. The zero-order valence-electron chi connectivity index (χ0n) is 21.4. The highest BCUT2D eigenvalue weighted by Crippen LogP contribution is 2.44. The number of benzene rings is 4. The van der Waals surface area contributed by atoms with E-state index in [-0.39, 0.29) is 11.0 Å². The van der Waals surface area contributed by atoms with Crippen molar-refractivity contribution in [2.24, 2.45) is 0 Å². The molecule has 0 spiro atoms. The van der Waals surface area contributed by atoms with Crippen LogP contribution in [-0.2, 0) is 12.6 Å². The molecule has 0 bridgehead atoms. The average Bonchev–Trinajstić information content (AvgIpc) is 3.32. The number of hydrogen-bond acceptors (Lipinski definition) is 4. The van der Waals surface area contributed by atoms with E-state index in [2.05, 4.69) is 36.4 Å².